The second-order valence-corrected chi connectivity index (χ2v) is 4.55. The van der Waals surface area contributed by atoms with Crippen LogP contribution in [0.25, 0.3) is 0 Å². The smallest absolute Gasteiger partial charge is 0.252 e. The number of amides is 1. The van der Waals surface area contributed by atoms with Gasteiger partial charge in [0, 0.05) is 31.6 Å². The number of carbonyl (C=O) groups excluding carboxylic acids is 1. The third kappa shape index (κ3) is 6.82. The molecule has 0 radical (unpaired) electrons. The number of benzene rings is 1. The minimum atomic E-state index is -0.0199. The van der Waals surface area contributed by atoms with Gasteiger partial charge in [-0.1, -0.05) is 12.1 Å². The molecule has 19 heavy (non-hydrogen) atoms. The highest BCUT2D eigenvalue weighted by molar-refractivity contribution is 7.98. The first kappa shape index (κ1) is 18.2. The molecule has 6 heteroatoms. The van der Waals surface area contributed by atoms with E-state index in [-0.39, 0.29) is 18.3 Å². The molecule has 1 aromatic rings. The van der Waals surface area contributed by atoms with Crippen LogP contribution in [0.1, 0.15) is 10.4 Å². The number of rotatable bonds is 8. The van der Waals surface area contributed by atoms with Crippen LogP contribution in [0.2, 0.25) is 0 Å². The predicted molar refractivity (Wildman–Crippen MR) is 82.5 cm³/mol. The molecular formula is C13H21ClN2O2S. The van der Waals surface area contributed by atoms with Crippen LogP contribution in [-0.2, 0) is 4.74 Å². The average molecular weight is 305 g/mol. The Bertz CT molecular complexity index is 377. The summed E-state index contributed by atoms with van der Waals surface area (Å²) in [4.78, 5) is 12.9. The lowest BCUT2D eigenvalue weighted by molar-refractivity contribution is 0.0951. The summed E-state index contributed by atoms with van der Waals surface area (Å²) in [7, 11) is 1.67. The number of hydrogen-bond donors (Lipinski definition) is 2. The van der Waals surface area contributed by atoms with E-state index in [4.69, 9.17) is 4.74 Å². The van der Waals surface area contributed by atoms with Crippen LogP contribution in [0, 0.1) is 0 Å². The maximum Gasteiger partial charge on any atom is 0.252 e. The Morgan fingerprint density at radius 2 is 2.00 bits per heavy atom. The van der Waals surface area contributed by atoms with E-state index in [1.54, 1.807) is 18.9 Å². The zero-order chi connectivity index (χ0) is 13.2. The van der Waals surface area contributed by atoms with Crippen LogP contribution in [0.5, 0.6) is 0 Å². The number of ether oxygens (including phenoxy) is 1. The van der Waals surface area contributed by atoms with Crippen molar-refractivity contribution in [3.05, 3.63) is 29.8 Å². The van der Waals surface area contributed by atoms with Gasteiger partial charge in [0.15, 0.2) is 0 Å². The second-order valence-electron chi connectivity index (χ2n) is 3.70. The predicted octanol–water partition coefficient (Wildman–Crippen LogP) is 1.80. The normalized spacial score (nSPS) is 9.79. The SMILES string of the molecule is COCCNCCNC(=O)c1ccccc1SC.Cl. The summed E-state index contributed by atoms with van der Waals surface area (Å²) in [6.07, 6.45) is 1.97. The summed E-state index contributed by atoms with van der Waals surface area (Å²) < 4.78 is 4.92. The number of nitrogens with one attached hydrogen (secondary N) is 2. The lowest BCUT2D eigenvalue weighted by atomic mass is 10.2. The molecule has 0 aromatic heterocycles. The highest BCUT2D eigenvalue weighted by Gasteiger charge is 2.08. The summed E-state index contributed by atoms with van der Waals surface area (Å²) in [6.45, 7) is 2.85. The van der Waals surface area contributed by atoms with Crippen LogP contribution in [0.4, 0.5) is 0 Å². The minimum Gasteiger partial charge on any atom is -0.383 e. The summed E-state index contributed by atoms with van der Waals surface area (Å²) in [5, 5.41) is 6.07. The first-order valence-electron chi connectivity index (χ1n) is 5.90. The van der Waals surface area contributed by atoms with Gasteiger partial charge in [-0.05, 0) is 18.4 Å². The van der Waals surface area contributed by atoms with Crippen molar-refractivity contribution in [2.45, 2.75) is 4.90 Å². The van der Waals surface area contributed by atoms with Gasteiger partial charge >= 0.3 is 0 Å². The third-order valence-corrected chi connectivity index (χ3v) is 3.22. The molecule has 0 spiro atoms. The lowest BCUT2D eigenvalue weighted by Crippen LogP contribution is -2.33. The van der Waals surface area contributed by atoms with Crippen LogP contribution in [0.15, 0.2) is 29.2 Å². The molecule has 0 aliphatic heterocycles. The van der Waals surface area contributed by atoms with Gasteiger partial charge in [-0.15, -0.1) is 24.2 Å². The van der Waals surface area contributed by atoms with Crippen LogP contribution in [-0.4, -0.2) is 45.5 Å². The Hall–Kier alpha value is -0.750. The van der Waals surface area contributed by atoms with Gasteiger partial charge in [0.2, 0.25) is 0 Å². The highest BCUT2D eigenvalue weighted by atomic mass is 35.5. The lowest BCUT2D eigenvalue weighted by Gasteiger charge is -2.09. The minimum absolute atomic E-state index is 0. The van der Waals surface area contributed by atoms with E-state index >= 15 is 0 Å². The Morgan fingerprint density at radius 1 is 1.26 bits per heavy atom. The molecule has 4 nitrogen and oxygen atoms in total. The van der Waals surface area contributed by atoms with Gasteiger partial charge in [-0.3, -0.25) is 4.79 Å². The fourth-order valence-electron chi connectivity index (χ4n) is 1.49. The average Bonchev–Trinajstić information content (AvgIpc) is 2.42. The zero-order valence-corrected chi connectivity index (χ0v) is 12.9. The number of halogens is 1. The topological polar surface area (TPSA) is 50.4 Å². The largest absolute Gasteiger partial charge is 0.383 e. The van der Waals surface area contributed by atoms with Crippen LogP contribution in [0.3, 0.4) is 0 Å². The Kier molecular flexibility index (Phi) is 10.7. The molecule has 0 saturated heterocycles. The Morgan fingerprint density at radius 3 is 2.68 bits per heavy atom. The van der Waals surface area contributed by atoms with Crippen molar-refractivity contribution >= 4 is 30.1 Å². The van der Waals surface area contributed by atoms with Crippen molar-refractivity contribution in [3.8, 4) is 0 Å². The number of methoxy groups -OCH3 is 1. The molecule has 0 aliphatic rings. The van der Waals surface area contributed by atoms with Gasteiger partial charge in [0.05, 0.1) is 12.2 Å². The highest BCUT2D eigenvalue weighted by Crippen LogP contribution is 2.19. The maximum absolute atomic E-state index is 11.9. The molecule has 0 heterocycles. The van der Waals surface area contributed by atoms with E-state index < -0.39 is 0 Å². The van der Waals surface area contributed by atoms with E-state index in [2.05, 4.69) is 10.6 Å². The van der Waals surface area contributed by atoms with Crippen LogP contribution >= 0.6 is 24.2 Å². The Labute approximate surface area is 125 Å². The molecule has 0 saturated carbocycles. The fraction of sp³-hybridized carbons (Fsp3) is 0.462. The molecule has 0 aliphatic carbocycles. The molecule has 1 rings (SSSR count). The van der Waals surface area contributed by atoms with Crippen molar-refractivity contribution < 1.29 is 9.53 Å². The molecule has 2 N–H and O–H groups in total. The summed E-state index contributed by atoms with van der Waals surface area (Å²) >= 11 is 1.58. The zero-order valence-electron chi connectivity index (χ0n) is 11.3. The van der Waals surface area contributed by atoms with Gasteiger partial charge in [-0.25, -0.2) is 0 Å². The number of carbonyl (C=O) groups is 1. The first-order chi connectivity index (χ1) is 8.79. The van der Waals surface area contributed by atoms with E-state index in [1.165, 1.54) is 0 Å². The summed E-state index contributed by atoms with van der Waals surface area (Å²) in [6, 6.07) is 7.62. The molecule has 0 bridgehead atoms. The molecule has 1 amide bonds. The third-order valence-electron chi connectivity index (χ3n) is 2.42. The van der Waals surface area contributed by atoms with Crippen molar-refractivity contribution in [2.75, 3.05) is 39.6 Å². The quantitative estimate of drug-likeness (QED) is 0.568. The van der Waals surface area contributed by atoms with Gasteiger partial charge < -0.3 is 15.4 Å². The molecular weight excluding hydrogens is 284 g/mol. The standard InChI is InChI=1S/C13H20N2O2S.ClH/c1-17-10-9-14-7-8-15-13(16)11-5-3-4-6-12(11)18-2;/h3-6,14H,7-10H2,1-2H3,(H,15,16);1H. The van der Waals surface area contributed by atoms with Gasteiger partial charge in [-0.2, -0.15) is 0 Å². The maximum atomic E-state index is 11.9. The molecule has 0 unspecified atom stereocenters. The van der Waals surface area contributed by atoms with Crippen LogP contribution < -0.4 is 10.6 Å². The summed E-state index contributed by atoms with van der Waals surface area (Å²) in [5.41, 5.74) is 0.738. The van der Waals surface area contributed by atoms with E-state index in [0.717, 1.165) is 23.5 Å². The first-order valence-corrected chi connectivity index (χ1v) is 7.13. The number of thioether (sulfide) groups is 1. The van der Waals surface area contributed by atoms with Crippen molar-refractivity contribution in [1.29, 1.82) is 0 Å². The van der Waals surface area contributed by atoms with Crippen molar-refractivity contribution in [2.24, 2.45) is 0 Å². The van der Waals surface area contributed by atoms with Gasteiger partial charge in [0.1, 0.15) is 0 Å². The molecule has 0 atom stereocenters. The van der Waals surface area contributed by atoms with Crippen molar-refractivity contribution in [3.63, 3.8) is 0 Å². The summed E-state index contributed by atoms with van der Waals surface area (Å²) in [5.74, 6) is -0.0199. The Balaban J connectivity index is 0.00000324. The van der Waals surface area contributed by atoms with E-state index in [9.17, 15) is 4.79 Å². The molecule has 1 aromatic carbocycles. The fourth-order valence-corrected chi connectivity index (χ4v) is 2.09. The van der Waals surface area contributed by atoms with Gasteiger partial charge in [0.25, 0.3) is 5.91 Å². The molecule has 0 fully saturated rings. The van der Waals surface area contributed by atoms with Crippen molar-refractivity contribution in [1.82, 2.24) is 10.6 Å². The monoisotopic (exact) mass is 304 g/mol. The number of hydrogen-bond acceptors (Lipinski definition) is 4. The molecule has 108 valence electrons. The van der Waals surface area contributed by atoms with E-state index in [0.29, 0.717) is 13.2 Å². The second kappa shape index (κ2) is 11.1. The van der Waals surface area contributed by atoms with E-state index in [1.807, 2.05) is 30.5 Å².